The van der Waals surface area contributed by atoms with Crippen LogP contribution in [-0.4, -0.2) is 25.2 Å². The zero-order chi connectivity index (χ0) is 16.1. The van der Waals surface area contributed by atoms with Gasteiger partial charge in [0.25, 0.3) is 5.91 Å². The van der Waals surface area contributed by atoms with Gasteiger partial charge in [0.05, 0.1) is 7.11 Å². The second-order valence-corrected chi connectivity index (χ2v) is 7.11. The first kappa shape index (κ1) is 17.3. The smallest absolute Gasteiger partial charge is 0.258 e. The Hall–Kier alpha value is -1.71. The first-order valence-corrected chi connectivity index (χ1v) is 7.20. The largest absolute Gasteiger partial charge is 0.493 e. The van der Waals surface area contributed by atoms with E-state index in [4.69, 9.17) is 9.47 Å². The number of hydrogen-bond acceptors (Lipinski definition) is 3. The Morgan fingerprint density at radius 3 is 2.19 bits per heavy atom. The number of rotatable bonds is 6. The number of carbonyl (C=O) groups excluding carboxylic acids is 1. The maximum atomic E-state index is 12.0. The first-order chi connectivity index (χ1) is 9.63. The van der Waals surface area contributed by atoms with Gasteiger partial charge in [0.1, 0.15) is 0 Å². The van der Waals surface area contributed by atoms with E-state index >= 15 is 0 Å². The Morgan fingerprint density at radius 2 is 1.67 bits per heavy atom. The van der Waals surface area contributed by atoms with E-state index in [9.17, 15) is 4.79 Å². The molecule has 1 amide bonds. The van der Waals surface area contributed by atoms with Crippen LogP contribution in [0.15, 0.2) is 24.3 Å². The van der Waals surface area contributed by atoms with Crippen molar-refractivity contribution in [3.8, 4) is 11.5 Å². The summed E-state index contributed by atoms with van der Waals surface area (Å²) in [6.07, 6.45) is 0.889. The Labute approximate surface area is 127 Å². The number of amides is 1. The molecule has 0 bridgehead atoms. The van der Waals surface area contributed by atoms with E-state index < -0.39 is 0 Å². The topological polar surface area (TPSA) is 47.6 Å². The number of nitrogens with one attached hydrogen (secondary N) is 1. The summed E-state index contributed by atoms with van der Waals surface area (Å²) in [5.41, 5.74) is -0.111. The summed E-state index contributed by atoms with van der Waals surface area (Å²) < 4.78 is 10.7. The molecule has 118 valence electrons. The van der Waals surface area contributed by atoms with Crippen LogP contribution in [0.1, 0.15) is 41.0 Å². The van der Waals surface area contributed by atoms with E-state index in [1.54, 1.807) is 19.2 Å². The number of hydrogen-bond donors (Lipinski definition) is 1. The summed E-state index contributed by atoms with van der Waals surface area (Å²) in [6, 6.07) is 7.29. The molecule has 0 heterocycles. The molecular weight excluding hydrogens is 266 g/mol. The van der Waals surface area contributed by atoms with Gasteiger partial charge < -0.3 is 14.8 Å². The number of carbonyl (C=O) groups is 1. The Balaban J connectivity index is 2.54. The van der Waals surface area contributed by atoms with Gasteiger partial charge in [-0.25, -0.2) is 0 Å². The highest BCUT2D eigenvalue weighted by atomic mass is 16.5. The second kappa shape index (κ2) is 6.83. The normalized spacial score (nSPS) is 11.9. The number of ether oxygens (including phenoxy) is 2. The Bertz CT molecular complexity index is 475. The minimum absolute atomic E-state index is 0.0199. The third kappa shape index (κ3) is 6.52. The quantitative estimate of drug-likeness (QED) is 0.874. The van der Waals surface area contributed by atoms with Crippen molar-refractivity contribution in [3.63, 3.8) is 0 Å². The van der Waals surface area contributed by atoms with Crippen LogP contribution in [-0.2, 0) is 4.79 Å². The van der Waals surface area contributed by atoms with Crippen molar-refractivity contribution in [1.29, 1.82) is 0 Å². The number of methoxy groups -OCH3 is 1. The molecule has 0 atom stereocenters. The fraction of sp³-hybridized carbons (Fsp3) is 0.588. The van der Waals surface area contributed by atoms with Gasteiger partial charge in [-0.2, -0.15) is 0 Å². The van der Waals surface area contributed by atoms with Gasteiger partial charge in [-0.1, -0.05) is 32.9 Å². The molecule has 0 fully saturated rings. The van der Waals surface area contributed by atoms with Crippen molar-refractivity contribution in [2.45, 2.75) is 46.6 Å². The highest BCUT2D eigenvalue weighted by Gasteiger charge is 2.27. The van der Waals surface area contributed by atoms with Gasteiger partial charge in [0, 0.05) is 5.54 Å². The van der Waals surface area contributed by atoms with E-state index in [0.29, 0.717) is 11.5 Å². The third-order valence-electron chi connectivity index (χ3n) is 2.88. The average Bonchev–Trinajstić information content (AvgIpc) is 2.33. The minimum Gasteiger partial charge on any atom is -0.493 e. The molecule has 4 heteroatoms. The van der Waals surface area contributed by atoms with Crippen LogP contribution < -0.4 is 14.8 Å². The summed E-state index contributed by atoms with van der Waals surface area (Å²) in [5.74, 6) is 1.07. The minimum atomic E-state index is -0.264. The van der Waals surface area contributed by atoms with Gasteiger partial charge in [-0.05, 0) is 37.8 Å². The Kier molecular flexibility index (Phi) is 5.64. The van der Waals surface area contributed by atoms with E-state index in [1.807, 2.05) is 26.0 Å². The molecule has 0 saturated heterocycles. The predicted molar refractivity (Wildman–Crippen MR) is 84.8 cm³/mol. The van der Waals surface area contributed by atoms with E-state index in [0.717, 1.165) is 6.42 Å². The molecule has 21 heavy (non-hydrogen) atoms. The molecule has 0 aliphatic rings. The zero-order valence-corrected chi connectivity index (χ0v) is 13.9. The summed E-state index contributed by atoms with van der Waals surface area (Å²) in [7, 11) is 1.58. The molecule has 0 aliphatic heterocycles. The lowest BCUT2D eigenvalue weighted by molar-refractivity contribution is -0.125. The molecule has 0 radical (unpaired) electrons. The highest BCUT2D eigenvalue weighted by molar-refractivity contribution is 5.78. The molecule has 0 saturated carbocycles. The van der Waals surface area contributed by atoms with Crippen LogP contribution in [0.2, 0.25) is 0 Å². The monoisotopic (exact) mass is 293 g/mol. The van der Waals surface area contributed by atoms with Crippen molar-refractivity contribution in [3.05, 3.63) is 24.3 Å². The van der Waals surface area contributed by atoms with Crippen molar-refractivity contribution in [2.75, 3.05) is 13.7 Å². The van der Waals surface area contributed by atoms with Crippen molar-refractivity contribution >= 4 is 5.91 Å². The van der Waals surface area contributed by atoms with Gasteiger partial charge >= 0.3 is 0 Å². The fourth-order valence-electron chi connectivity index (χ4n) is 2.66. The van der Waals surface area contributed by atoms with Crippen LogP contribution in [0, 0.1) is 5.41 Å². The van der Waals surface area contributed by atoms with E-state index in [-0.39, 0.29) is 23.5 Å². The van der Waals surface area contributed by atoms with Gasteiger partial charge in [0.2, 0.25) is 0 Å². The lowest BCUT2D eigenvalue weighted by Gasteiger charge is -2.33. The highest BCUT2D eigenvalue weighted by Crippen LogP contribution is 2.27. The summed E-state index contributed by atoms with van der Waals surface area (Å²) in [5, 5.41) is 3.02. The van der Waals surface area contributed by atoms with Gasteiger partial charge in [-0.3, -0.25) is 4.79 Å². The van der Waals surface area contributed by atoms with Gasteiger partial charge in [0.15, 0.2) is 18.1 Å². The van der Waals surface area contributed by atoms with Crippen LogP contribution in [0.4, 0.5) is 0 Å². The molecule has 1 N–H and O–H groups in total. The summed E-state index contributed by atoms with van der Waals surface area (Å²) in [6.45, 7) is 10.5. The molecule has 1 rings (SSSR count). The van der Waals surface area contributed by atoms with Crippen molar-refractivity contribution < 1.29 is 14.3 Å². The standard InChI is InChI=1S/C17H27NO3/c1-16(2,3)12-17(4,5)18-15(19)11-21-14-10-8-7-9-13(14)20-6/h7-10H,11-12H2,1-6H3,(H,18,19). The van der Waals surface area contributed by atoms with Crippen LogP contribution in [0.5, 0.6) is 11.5 Å². The first-order valence-electron chi connectivity index (χ1n) is 7.20. The lowest BCUT2D eigenvalue weighted by atomic mass is 9.82. The molecule has 0 unspecified atom stereocenters. The molecule has 0 spiro atoms. The SMILES string of the molecule is COc1ccccc1OCC(=O)NC(C)(C)CC(C)(C)C. The second-order valence-electron chi connectivity index (χ2n) is 7.11. The molecule has 0 aliphatic carbocycles. The zero-order valence-electron chi connectivity index (χ0n) is 13.9. The van der Waals surface area contributed by atoms with E-state index in [1.165, 1.54) is 0 Å². The van der Waals surface area contributed by atoms with Crippen LogP contribution in [0.25, 0.3) is 0 Å². The van der Waals surface area contributed by atoms with E-state index in [2.05, 4.69) is 26.1 Å². The number of benzene rings is 1. The molecule has 4 nitrogen and oxygen atoms in total. The lowest BCUT2D eigenvalue weighted by Crippen LogP contribution is -2.47. The summed E-state index contributed by atoms with van der Waals surface area (Å²) in [4.78, 5) is 12.0. The van der Waals surface area contributed by atoms with Crippen LogP contribution in [0.3, 0.4) is 0 Å². The average molecular weight is 293 g/mol. The fourth-order valence-corrected chi connectivity index (χ4v) is 2.66. The van der Waals surface area contributed by atoms with Crippen molar-refractivity contribution in [2.24, 2.45) is 5.41 Å². The predicted octanol–water partition coefficient (Wildman–Crippen LogP) is 3.41. The van der Waals surface area contributed by atoms with Gasteiger partial charge in [-0.15, -0.1) is 0 Å². The Morgan fingerprint density at radius 1 is 1.10 bits per heavy atom. The molecule has 1 aromatic rings. The van der Waals surface area contributed by atoms with Crippen LogP contribution >= 0.6 is 0 Å². The molecule has 0 aromatic heterocycles. The third-order valence-corrected chi connectivity index (χ3v) is 2.88. The number of para-hydroxylation sites is 2. The van der Waals surface area contributed by atoms with Crippen molar-refractivity contribution in [1.82, 2.24) is 5.32 Å². The summed E-state index contributed by atoms with van der Waals surface area (Å²) >= 11 is 0. The maximum absolute atomic E-state index is 12.0. The molecule has 1 aromatic carbocycles. The maximum Gasteiger partial charge on any atom is 0.258 e. The molecular formula is C17H27NO3.